The first kappa shape index (κ1) is 30.3. The van der Waals surface area contributed by atoms with Crippen LogP contribution in [0.2, 0.25) is 10.0 Å². The number of aryl methyl sites for hydroxylation is 1. The topological polar surface area (TPSA) is 101 Å². The normalized spacial score (nSPS) is 16.8. The number of benzene rings is 2. The number of hydrogen-bond donors (Lipinski definition) is 1. The van der Waals surface area contributed by atoms with Crippen LogP contribution in [0.3, 0.4) is 0 Å². The van der Waals surface area contributed by atoms with Crippen molar-refractivity contribution in [3.63, 3.8) is 0 Å². The van der Waals surface area contributed by atoms with Crippen LogP contribution in [0.1, 0.15) is 54.9 Å². The molecule has 3 aromatic heterocycles. The van der Waals surface area contributed by atoms with E-state index >= 15 is 0 Å². The third-order valence-electron chi connectivity index (χ3n) is 7.43. The van der Waals surface area contributed by atoms with Gasteiger partial charge in [0.15, 0.2) is 10.1 Å². The minimum absolute atomic E-state index is 0.0374. The fourth-order valence-electron chi connectivity index (χ4n) is 5.17. The van der Waals surface area contributed by atoms with E-state index in [2.05, 4.69) is 36.0 Å². The van der Waals surface area contributed by atoms with Gasteiger partial charge in [0.05, 0.1) is 17.3 Å². The summed E-state index contributed by atoms with van der Waals surface area (Å²) in [4.78, 5) is 33.3. The number of pyridine rings is 1. The second-order valence-corrected chi connectivity index (χ2v) is 14.4. The summed E-state index contributed by atoms with van der Waals surface area (Å²) in [6, 6.07) is 17.6. The fraction of sp³-hybridized carbons (Fsp3) is 0.219. The monoisotopic (exact) mass is 663 g/mol. The molecule has 44 heavy (non-hydrogen) atoms. The SMILES string of the molecule is Cc1nc2ccccn2c1/C(O)=C1\C(=O)C(=O)N(c2nnc(SCc3ccc(Cl)cc3Cl)s2)C1c1ccc(C(C)(C)C)cc1. The molecule has 0 aliphatic carbocycles. The maximum atomic E-state index is 13.8. The lowest BCUT2D eigenvalue weighted by Crippen LogP contribution is -2.29. The van der Waals surface area contributed by atoms with Crippen molar-refractivity contribution in [2.75, 3.05) is 4.90 Å². The van der Waals surface area contributed by atoms with Crippen molar-refractivity contribution in [1.29, 1.82) is 0 Å². The van der Waals surface area contributed by atoms with Crippen molar-refractivity contribution in [3.8, 4) is 0 Å². The van der Waals surface area contributed by atoms with E-state index < -0.39 is 17.7 Å². The molecule has 0 bridgehead atoms. The summed E-state index contributed by atoms with van der Waals surface area (Å²) in [5.41, 5.74) is 3.96. The maximum absolute atomic E-state index is 13.8. The number of rotatable bonds is 6. The van der Waals surface area contributed by atoms with E-state index in [4.69, 9.17) is 23.2 Å². The number of Topliss-reactive ketones (excluding diaryl/α,β-unsaturated/α-hetero) is 1. The van der Waals surface area contributed by atoms with Gasteiger partial charge in [-0.1, -0.05) is 103 Å². The molecule has 0 radical (unpaired) electrons. The van der Waals surface area contributed by atoms with Gasteiger partial charge in [-0.05, 0) is 53.3 Å². The molecule has 1 amide bonds. The molecule has 12 heteroatoms. The van der Waals surface area contributed by atoms with Gasteiger partial charge in [-0.25, -0.2) is 4.98 Å². The molecule has 6 rings (SSSR count). The van der Waals surface area contributed by atoms with E-state index in [1.807, 2.05) is 48.5 Å². The minimum Gasteiger partial charge on any atom is -0.505 e. The highest BCUT2D eigenvalue weighted by Gasteiger charge is 2.49. The number of aliphatic hydroxyl groups excluding tert-OH is 1. The Kier molecular flexibility index (Phi) is 8.04. The molecule has 2 aromatic carbocycles. The Hall–Kier alpha value is -3.70. The van der Waals surface area contributed by atoms with Gasteiger partial charge < -0.3 is 5.11 Å². The predicted molar refractivity (Wildman–Crippen MR) is 176 cm³/mol. The summed E-state index contributed by atoms with van der Waals surface area (Å²) in [6.07, 6.45) is 1.76. The molecule has 0 spiro atoms. The van der Waals surface area contributed by atoms with Gasteiger partial charge in [-0.3, -0.25) is 18.9 Å². The fourth-order valence-corrected chi connectivity index (χ4v) is 7.60. The molecule has 1 aliphatic rings. The van der Waals surface area contributed by atoms with E-state index in [0.717, 1.165) is 11.1 Å². The molecule has 1 N–H and O–H groups in total. The van der Waals surface area contributed by atoms with Gasteiger partial charge in [0, 0.05) is 22.0 Å². The molecule has 1 unspecified atom stereocenters. The molecule has 4 heterocycles. The lowest BCUT2D eigenvalue weighted by atomic mass is 9.85. The second-order valence-electron chi connectivity index (χ2n) is 11.4. The lowest BCUT2D eigenvalue weighted by Gasteiger charge is -2.24. The van der Waals surface area contributed by atoms with E-state index in [9.17, 15) is 14.7 Å². The van der Waals surface area contributed by atoms with E-state index in [1.54, 1.807) is 29.7 Å². The molecule has 224 valence electrons. The largest absolute Gasteiger partial charge is 0.505 e. The van der Waals surface area contributed by atoms with Crippen LogP contribution >= 0.6 is 46.3 Å². The smallest absolute Gasteiger partial charge is 0.301 e. The third-order valence-corrected chi connectivity index (χ3v) is 10.1. The molecular formula is C32H27Cl2N5O3S2. The summed E-state index contributed by atoms with van der Waals surface area (Å²) < 4.78 is 2.30. The van der Waals surface area contributed by atoms with Gasteiger partial charge in [-0.2, -0.15) is 0 Å². The Bertz CT molecular complexity index is 1960. The third kappa shape index (κ3) is 5.51. The molecule has 1 saturated heterocycles. The molecule has 0 saturated carbocycles. The summed E-state index contributed by atoms with van der Waals surface area (Å²) in [7, 11) is 0. The number of carbonyl (C=O) groups excluding carboxylic acids is 2. The van der Waals surface area contributed by atoms with Crippen LogP contribution in [0.4, 0.5) is 5.13 Å². The van der Waals surface area contributed by atoms with Crippen LogP contribution in [0.25, 0.3) is 11.4 Å². The Morgan fingerprint density at radius 3 is 2.50 bits per heavy atom. The van der Waals surface area contributed by atoms with Gasteiger partial charge >= 0.3 is 5.91 Å². The Balaban J connectivity index is 1.44. The number of aliphatic hydroxyl groups is 1. The van der Waals surface area contributed by atoms with Crippen molar-refractivity contribution in [1.82, 2.24) is 19.6 Å². The number of aromatic nitrogens is 4. The number of imidazole rings is 1. The number of nitrogens with zero attached hydrogens (tertiary/aromatic N) is 5. The van der Waals surface area contributed by atoms with Crippen molar-refractivity contribution in [3.05, 3.63) is 111 Å². The first-order chi connectivity index (χ1) is 20.9. The van der Waals surface area contributed by atoms with E-state index in [1.165, 1.54) is 28.0 Å². The van der Waals surface area contributed by atoms with Crippen LogP contribution < -0.4 is 4.90 Å². The van der Waals surface area contributed by atoms with E-state index in [-0.39, 0.29) is 21.9 Å². The van der Waals surface area contributed by atoms with Crippen LogP contribution in [0.15, 0.2) is 76.8 Å². The number of hydrogen-bond acceptors (Lipinski definition) is 8. The maximum Gasteiger partial charge on any atom is 0.301 e. The van der Waals surface area contributed by atoms with Crippen molar-refractivity contribution in [2.45, 2.75) is 49.2 Å². The Labute approximate surface area is 272 Å². The van der Waals surface area contributed by atoms with Crippen LogP contribution in [-0.2, 0) is 20.8 Å². The summed E-state index contributed by atoms with van der Waals surface area (Å²) in [5, 5.41) is 21.7. The lowest BCUT2D eigenvalue weighted by molar-refractivity contribution is -0.132. The van der Waals surface area contributed by atoms with Gasteiger partial charge in [0.25, 0.3) is 5.78 Å². The highest BCUT2D eigenvalue weighted by Crippen LogP contribution is 2.45. The molecule has 8 nitrogen and oxygen atoms in total. The average Bonchev–Trinajstić information content (AvgIpc) is 3.65. The summed E-state index contributed by atoms with van der Waals surface area (Å²) in [5.74, 6) is -1.40. The van der Waals surface area contributed by atoms with Gasteiger partial charge in [0.1, 0.15) is 11.3 Å². The first-order valence-corrected chi connectivity index (χ1v) is 16.3. The van der Waals surface area contributed by atoms with Crippen LogP contribution in [-0.4, -0.2) is 36.4 Å². The number of halogens is 2. The van der Waals surface area contributed by atoms with Crippen LogP contribution in [0, 0.1) is 6.92 Å². The number of carbonyl (C=O) groups is 2. The first-order valence-electron chi connectivity index (χ1n) is 13.7. The summed E-state index contributed by atoms with van der Waals surface area (Å²) in [6.45, 7) is 8.09. The van der Waals surface area contributed by atoms with Crippen molar-refractivity contribution >= 4 is 74.5 Å². The van der Waals surface area contributed by atoms with Gasteiger partial charge in [-0.15, -0.1) is 10.2 Å². The zero-order chi connectivity index (χ0) is 31.3. The zero-order valence-electron chi connectivity index (χ0n) is 24.2. The molecule has 5 aromatic rings. The van der Waals surface area contributed by atoms with Crippen molar-refractivity contribution < 1.29 is 14.7 Å². The molecule has 1 aliphatic heterocycles. The Morgan fingerprint density at radius 2 is 1.80 bits per heavy atom. The number of fused-ring (bicyclic) bond motifs is 1. The standard InChI is InChI=1S/C32H27Cl2N5O3S2/c1-17-25(38-14-6-5-7-23(38)35-17)27(40)24-26(18-8-11-20(12-9-18)32(2,3)4)39(29(42)28(24)41)30-36-37-31(44-30)43-16-19-10-13-21(33)15-22(19)34/h5-15,26,40H,16H2,1-4H3/b27-24+. The quantitative estimate of drug-likeness (QED) is 0.0645. The highest BCUT2D eigenvalue weighted by atomic mass is 35.5. The highest BCUT2D eigenvalue weighted by molar-refractivity contribution is 8.00. The number of thioether (sulfide) groups is 1. The van der Waals surface area contributed by atoms with Crippen molar-refractivity contribution in [2.24, 2.45) is 0 Å². The predicted octanol–water partition coefficient (Wildman–Crippen LogP) is 8.02. The molecule has 1 atom stereocenters. The molecular weight excluding hydrogens is 637 g/mol. The second kappa shape index (κ2) is 11.7. The minimum atomic E-state index is -0.936. The van der Waals surface area contributed by atoms with Gasteiger partial charge in [0.2, 0.25) is 5.13 Å². The van der Waals surface area contributed by atoms with Crippen LogP contribution in [0.5, 0.6) is 0 Å². The average molecular weight is 665 g/mol. The number of ketones is 1. The molecule has 1 fully saturated rings. The Morgan fingerprint density at radius 1 is 1.05 bits per heavy atom. The summed E-state index contributed by atoms with van der Waals surface area (Å²) >= 11 is 15.0. The van der Waals surface area contributed by atoms with E-state index in [0.29, 0.717) is 42.7 Å². The number of anilines is 1. The number of amides is 1. The zero-order valence-corrected chi connectivity index (χ0v) is 27.4.